The quantitative estimate of drug-likeness (QED) is 0.680. The normalized spacial score (nSPS) is 16.4. The van der Waals surface area contributed by atoms with Crippen LogP contribution < -0.4 is 5.32 Å². The Hall–Kier alpha value is -1.89. The highest BCUT2D eigenvalue weighted by Crippen LogP contribution is 2.04. The van der Waals surface area contributed by atoms with Gasteiger partial charge in [-0.15, -0.1) is 0 Å². The number of carboxylic acid groups (broad SMARTS) is 1. The zero-order valence-corrected chi connectivity index (χ0v) is 11.8. The van der Waals surface area contributed by atoms with E-state index in [0.29, 0.717) is 26.3 Å². The van der Waals surface area contributed by atoms with E-state index in [2.05, 4.69) is 5.32 Å². The minimum absolute atomic E-state index is 0.00186. The number of carbonyl (C=O) groups is 3. The number of rotatable bonds is 5. The molecule has 0 aromatic heterocycles. The molecule has 0 spiro atoms. The van der Waals surface area contributed by atoms with Gasteiger partial charge in [0.05, 0.1) is 13.2 Å². The molecule has 0 bridgehead atoms. The maximum absolute atomic E-state index is 11.8. The number of hydrogen-bond donors (Lipinski definition) is 2. The highest BCUT2D eigenvalue weighted by Gasteiger charge is 2.17. The summed E-state index contributed by atoms with van der Waals surface area (Å²) in [5.41, 5.74) is 0.151. The fourth-order valence-electron chi connectivity index (χ4n) is 1.72. The van der Waals surface area contributed by atoms with Gasteiger partial charge in [0.25, 0.3) is 0 Å². The minimum atomic E-state index is -1.12. The van der Waals surface area contributed by atoms with Gasteiger partial charge in [-0.1, -0.05) is 0 Å². The molecule has 1 rings (SSSR count). The Morgan fingerprint density at radius 1 is 1.15 bits per heavy atom. The van der Waals surface area contributed by atoms with Crippen molar-refractivity contribution >= 4 is 17.8 Å². The lowest BCUT2D eigenvalue weighted by atomic mass is 10.1. The largest absolute Gasteiger partial charge is 0.478 e. The maximum atomic E-state index is 11.8. The summed E-state index contributed by atoms with van der Waals surface area (Å²) >= 11 is 0. The predicted octanol–water partition coefficient (Wildman–Crippen LogP) is -0.227. The number of carboxylic acids is 1. The Balaban J connectivity index is 2.36. The van der Waals surface area contributed by atoms with E-state index in [-0.39, 0.29) is 30.0 Å². The van der Waals surface area contributed by atoms with Crippen LogP contribution in [0.3, 0.4) is 0 Å². The molecule has 0 radical (unpaired) electrons. The topological polar surface area (TPSA) is 95.9 Å². The van der Waals surface area contributed by atoms with Crippen molar-refractivity contribution in [3.05, 3.63) is 11.1 Å². The molecule has 0 aromatic rings. The van der Waals surface area contributed by atoms with Gasteiger partial charge in [0.15, 0.2) is 0 Å². The first kappa shape index (κ1) is 16.2. The third-order valence-electron chi connectivity index (χ3n) is 3.21. The molecule has 20 heavy (non-hydrogen) atoms. The van der Waals surface area contributed by atoms with Crippen molar-refractivity contribution in [3.8, 4) is 0 Å². The first-order valence-corrected chi connectivity index (χ1v) is 6.48. The number of amides is 2. The van der Waals surface area contributed by atoms with Gasteiger partial charge in [-0.25, -0.2) is 4.79 Å². The number of nitrogens with one attached hydrogen (secondary N) is 1. The molecule has 0 atom stereocenters. The molecule has 1 fully saturated rings. The van der Waals surface area contributed by atoms with Crippen molar-refractivity contribution < 1.29 is 24.2 Å². The van der Waals surface area contributed by atoms with Crippen molar-refractivity contribution in [2.75, 3.05) is 32.8 Å². The second-order valence-electron chi connectivity index (χ2n) is 4.55. The van der Waals surface area contributed by atoms with Crippen LogP contribution in [0, 0.1) is 0 Å². The Morgan fingerprint density at radius 2 is 1.75 bits per heavy atom. The average Bonchev–Trinajstić information content (AvgIpc) is 2.46. The molecule has 7 nitrogen and oxygen atoms in total. The molecule has 1 aliphatic heterocycles. The van der Waals surface area contributed by atoms with E-state index in [0.717, 1.165) is 0 Å². The lowest BCUT2D eigenvalue weighted by Gasteiger charge is -2.26. The van der Waals surface area contributed by atoms with E-state index in [9.17, 15) is 14.4 Å². The van der Waals surface area contributed by atoms with E-state index in [1.54, 1.807) is 4.90 Å². The van der Waals surface area contributed by atoms with Crippen molar-refractivity contribution in [1.82, 2.24) is 10.2 Å². The summed E-state index contributed by atoms with van der Waals surface area (Å²) in [4.78, 5) is 35.9. The van der Waals surface area contributed by atoms with Crippen LogP contribution in [0.2, 0.25) is 0 Å². The molecule has 0 saturated carbocycles. The first-order chi connectivity index (χ1) is 9.43. The average molecular weight is 284 g/mol. The minimum Gasteiger partial charge on any atom is -0.478 e. The summed E-state index contributed by atoms with van der Waals surface area (Å²) in [6.45, 7) is 5.24. The van der Waals surface area contributed by atoms with Crippen LogP contribution in [0.15, 0.2) is 11.1 Å². The maximum Gasteiger partial charge on any atom is 0.331 e. The molecule has 7 heteroatoms. The summed E-state index contributed by atoms with van der Waals surface area (Å²) < 4.78 is 5.15. The van der Waals surface area contributed by atoms with Gasteiger partial charge in [-0.2, -0.15) is 0 Å². The van der Waals surface area contributed by atoms with Gasteiger partial charge in [-0.05, 0) is 13.8 Å². The number of hydrogen-bond acceptors (Lipinski definition) is 4. The van der Waals surface area contributed by atoms with E-state index in [1.807, 2.05) is 0 Å². The molecule has 1 aliphatic rings. The van der Waals surface area contributed by atoms with Crippen molar-refractivity contribution in [2.45, 2.75) is 20.3 Å². The van der Waals surface area contributed by atoms with Gasteiger partial charge in [0.2, 0.25) is 11.8 Å². The van der Waals surface area contributed by atoms with Crippen LogP contribution in [0.5, 0.6) is 0 Å². The number of carbonyl (C=O) groups excluding carboxylic acids is 2. The van der Waals surface area contributed by atoms with Crippen molar-refractivity contribution in [1.29, 1.82) is 0 Å². The first-order valence-electron chi connectivity index (χ1n) is 6.48. The molecule has 2 amide bonds. The number of nitrogens with zero attached hydrogens (tertiary/aromatic N) is 1. The summed E-state index contributed by atoms with van der Waals surface area (Å²) in [6, 6.07) is 0. The number of aliphatic carboxylic acids is 1. The van der Waals surface area contributed by atoms with Gasteiger partial charge in [0, 0.05) is 37.2 Å². The Bertz CT molecular complexity index is 424. The molecular weight excluding hydrogens is 264 g/mol. The van der Waals surface area contributed by atoms with Gasteiger partial charge in [0.1, 0.15) is 0 Å². The third kappa shape index (κ3) is 4.65. The standard InChI is InChI=1S/C13H20N2O5/c1-9(10(2)13(18)19)12(17)14-4-3-11(16)15-5-7-20-8-6-15/h3-8H2,1-2H3,(H,14,17)(H,18,19). The molecule has 0 aliphatic carbocycles. The second-order valence-corrected chi connectivity index (χ2v) is 4.55. The monoisotopic (exact) mass is 284 g/mol. The smallest absolute Gasteiger partial charge is 0.331 e. The Morgan fingerprint density at radius 3 is 2.30 bits per heavy atom. The summed E-state index contributed by atoms with van der Waals surface area (Å²) in [7, 11) is 0. The number of morpholine rings is 1. The second kappa shape index (κ2) is 7.64. The lowest BCUT2D eigenvalue weighted by molar-refractivity contribution is -0.135. The van der Waals surface area contributed by atoms with E-state index in [4.69, 9.17) is 9.84 Å². The third-order valence-corrected chi connectivity index (χ3v) is 3.21. The summed E-state index contributed by atoms with van der Waals surface area (Å²) in [6.07, 6.45) is 0.200. The number of ether oxygens (including phenoxy) is 1. The highest BCUT2D eigenvalue weighted by atomic mass is 16.5. The lowest BCUT2D eigenvalue weighted by Crippen LogP contribution is -2.42. The van der Waals surface area contributed by atoms with Crippen LogP contribution in [-0.4, -0.2) is 60.6 Å². The fourth-order valence-corrected chi connectivity index (χ4v) is 1.72. The van der Waals surface area contributed by atoms with Crippen LogP contribution in [-0.2, 0) is 19.1 Å². The van der Waals surface area contributed by atoms with Gasteiger partial charge in [-0.3, -0.25) is 9.59 Å². The fraction of sp³-hybridized carbons (Fsp3) is 0.615. The van der Waals surface area contributed by atoms with Crippen molar-refractivity contribution in [2.24, 2.45) is 0 Å². The van der Waals surface area contributed by atoms with Crippen LogP contribution >= 0.6 is 0 Å². The molecule has 0 unspecified atom stereocenters. The summed E-state index contributed by atoms with van der Waals surface area (Å²) in [5.74, 6) is -1.62. The zero-order valence-electron chi connectivity index (χ0n) is 11.8. The molecule has 1 heterocycles. The Labute approximate surface area is 117 Å². The van der Waals surface area contributed by atoms with E-state index >= 15 is 0 Å². The zero-order chi connectivity index (χ0) is 15.1. The van der Waals surface area contributed by atoms with Crippen LogP contribution in [0.1, 0.15) is 20.3 Å². The van der Waals surface area contributed by atoms with E-state index in [1.165, 1.54) is 13.8 Å². The van der Waals surface area contributed by atoms with Gasteiger partial charge < -0.3 is 20.1 Å². The predicted molar refractivity (Wildman–Crippen MR) is 71.0 cm³/mol. The van der Waals surface area contributed by atoms with Crippen LogP contribution in [0.25, 0.3) is 0 Å². The highest BCUT2D eigenvalue weighted by molar-refractivity contribution is 6.01. The molecule has 1 saturated heterocycles. The molecule has 2 N–H and O–H groups in total. The molecule has 0 aromatic carbocycles. The van der Waals surface area contributed by atoms with Crippen molar-refractivity contribution in [3.63, 3.8) is 0 Å². The summed E-state index contributed by atoms with van der Waals surface area (Å²) in [5, 5.41) is 11.3. The molecular formula is C13H20N2O5. The van der Waals surface area contributed by atoms with E-state index < -0.39 is 11.9 Å². The SMILES string of the molecule is CC(C(=O)O)=C(C)C(=O)NCCC(=O)N1CCOCC1. The Kier molecular flexibility index (Phi) is 6.17. The van der Waals surface area contributed by atoms with Crippen LogP contribution in [0.4, 0.5) is 0 Å². The van der Waals surface area contributed by atoms with Gasteiger partial charge >= 0.3 is 5.97 Å². The molecule has 112 valence electrons.